The molecule has 0 saturated carbocycles. The minimum Gasteiger partial charge on any atom is -0.331 e. The molecule has 0 bridgehead atoms. The van der Waals surface area contributed by atoms with Crippen molar-refractivity contribution >= 4 is 28.9 Å². The molecule has 2 aliphatic rings. The number of amidine groups is 1. The van der Waals surface area contributed by atoms with E-state index in [0.717, 1.165) is 22.9 Å². The Kier molecular flexibility index (Phi) is 4.80. The lowest BCUT2D eigenvalue weighted by Gasteiger charge is -2.36. The zero-order chi connectivity index (χ0) is 17.3. The Morgan fingerprint density at radius 2 is 2.12 bits per heavy atom. The average Bonchev–Trinajstić information content (AvgIpc) is 2.90. The molecule has 1 aromatic rings. The first-order chi connectivity index (χ1) is 11.5. The van der Waals surface area contributed by atoms with E-state index in [1.165, 1.54) is 10.5 Å². The number of nitrogens with one attached hydrogen (secondary N) is 1. The summed E-state index contributed by atoms with van der Waals surface area (Å²) in [6.07, 6.45) is 0.577. The highest BCUT2D eigenvalue weighted by Crippen LogP contribution is 2.30. The summed E-state index contributed by atoms with van der Waals surface area (Å²) in [5.41, 5.74) is 2.32. The van der Waals surface area contributed by atoms with E-state index in [-0.39, 0.29) is 11.9 Å². The van der Waals surface area contributed by atoms with Crippen LogP contribution in [0, 0.1) is 6.92 Å². The van der Waals surface area contributed by atoms with Crippen molar-refractivity contribution in [3.05, 3.63) is 35.4 Å². The molecule has 2 atom stereocenters. The van der Waals surface area contributed by atoms with Gasteiger partial charge in [0.05, 0.1) is 0 Å². The van der Waals surface area contributed by atoms with Crippen molar-refractivity contribution in [1.82, 2.24) is 15.1 Å². The maximum Gasteiger partial charge on any atom is 0.325 e. The first kappa shape index (κ1) is 16.8. The standard InChI is InChI=1S/C17H22N4O2S/c1-4-8-24-17-18-14-13(15(22)19-16(23)20(14)3)21(17)10-12-7-5-6-11(2)9-12/h5-7,9,13-14H,4,8,10H2,1-3H3,(H,19,22,23). The van der Waals surface area contributed by atoms with Crippen LogP contribution in [0.15, 0.2) is 29.3 Å². The van der Waals surface area contributed by atoms with Crippen LogP contribution in [0.5, 0.6) is 0 Å². The minimum atomic E-state index is -0.465. The summed E-state index contributed by atoms with van der Waals surface area (Å²) in [4.78, 5) is 32.5. The molecule has 7 heteroatoms. The van der Waals surface area contributed by atoms with E-state index in [0.29, 0.717) is 6.54 Å². The molecule has 3 rings (SSSR count). The number of aliphatic imine (C=N–C) groups is 1. The number of carbonyl (C=O) groups excluding carboxylic acids is 2. The summed E-state index contributed by atoms with van der Waals surface area (Å²) in [7, 11) is 1.68. The highest BCUT2D eigenvalue weighted by atomic mass is 32.2. The fraction of sp³-hybridized carbons (Fsp3) is 0.471. The summed E-state index contributed by atoms with van der Waals surface area (Å²) < 4.78 is 0. The quantitative estimate of drug-likeness (QED) is 0.908. The number of aryl methyl sites for hydroxylation is 1. The first-order valence-corrected chi connectivity index (χ1v) is 9.10. The minimum absolute atomic E-state index is 0.272. The summed E-state index contributed by atoms with van der Waals surface area (Å²) in [5, 5.41) is 3.27. The molecule has 3 amide bonds. The number of carbonyl (C=O) groups is 2. The Morgan fingerprint density at radius 3 is 2.83 bits per heavy atom. The van der Waals surface area contributed by atoms with E-state index in [1.807, 2.05) is 11.0 Å². The van der Waals surface area contributed by atoms with E-state index in [1.54, 1.807) is 18.8 Å². The van der Waals surface area contributed by atoms with Crippen LogP contribution in [0.2, 0.25) is 0 Å². The molecule has 1 fully saturated rings. The first-order valence-electron chi connectivity index (χ1n) is 8.11. The summed E-state index contributed by atoms with van der Waals surface area (Å²) >= 11 is 1.64. The highest BCUT2D eigenvalue weighted by Gasteiger charge is 2.48. The Morgan fingerprint density at radius 1 is 1.33 bits per heavy atom. The van der Waals surface area contributed by atoms with E-state index in [4.69, 9.17) is 0 Å². The van der Waals surface area contributed by atoms with Gasteiger partial charge in [-0.1, -0.05) is 48.5 Å². The number of hydrogen-bond acceptors (Lipinski definition) is 5. The predicted molar refractivity (Wildman–Crippen MR) is 95.8 cm³/mol. The lowest BCUT2D eigenvalue weighted by Crippen LogP contribution is -2.63. The topological polar surface area (TPSA) is 65.0 Å². The fourth-order valence-corrected chi connectivity index (χ4v) is 3.90. The van der Waals surface area contributed by atoms with Gasteiger partial charge in [0.2, 0.25) is 0 Å². The maximum atomic E-state index is 12.4. The van der Waals surface area contributed by atoms with Gasteiger partial charge in [0, 0.05) is 19.3 Å². The number of hydrogen-bond donors (Lipinski definition) is 1. The predicted octanol–water partition coefficient (Wildman–Crippen LogP) is 2.19. The molecule has 0 aromatic heterocycles. The second-order valence-corrected chi connectivity index (χ2v) is 7.20. The van der Waals surface area contributed by atoms with Crippen LogP contribution in [0.3, 0.4) is 0 Å². The number of nitrogens with zero attached hydrogens (tertiary/aromatic N) is 3. The third kappa shape index (κ3) is 3.13. The molecule has 0 spiro atoms. The van der Waals surface area contributed by atoms with Crippen molar-refractivity contribution in [3.8, 4) is 0 Å². The van der Waals surface area contributed by atoms with Crippen molar-refractivity contribution in [3.63, 3.8) is 0 Å². The smallest absolute Gasteiger partial charge is 0.325 e. The number of imide groups is 1. The van der Waals surface area contributed by atoms with E-state index >= 15 is 0 Å². The van der Waals surface area contributed by atoms with Gasteiger partial charge in [0.15, 0.2) is 17.4 Å². The van der Waals surface area contributed by atoms with Crippen molar-refractivity contribution in [2.75, 3.05) is 12.8 Å². The monoisotopic (exact) mass is 346 g/mol. The molecular weight excluding hydrogens is 324 g/mol. The van der Waals surface area contributed by atoms with E-state index in [2.05, 4.69) is 42.4 Å². The van der Waals surface area contributed by atoms with Gasteiger partial charge >= 0.3 is 6.03 Å². The van der Waals surface area contributed by atoms with Gasteiger partial charge in [-0.25, -0.2) is 9.79 Å². The Labute approximate surface area is 146 Å². The van der Waals surface area contributed by atoms with Crippen LogP contribution < -0.4 is 5.32 Å². The molecule has 128 valence electrons. The number of likely N-dealkylation sites (N-methyl/N-ethyl adjacent to an activating group) is 1. The van der Waals surface area contributed by atoms with Gasteiger partial charge in [-0.15, -0.1) is 0 Å². The number of amides is 3. The van der Waals surface area contributed by atoms with Crippen molar-refractivity contribution in [2.45, 2.75) is 39.0 Å². The fourth-order valence-electron chi connectivity index (χ4n) is 2.99. The zero-order valence-corrected chi connectivity index (χ0v) is 15.0. The van der Waals surface area contributed by atoms with Crippen LogP contribution in [-0.4, -0.2) is 51.9 Å². The van der Waals surface area contributed by atoms with Crippen molar-refractivity contribution in [1.29, 1.82) is 0 Å². The molecule has 0 radical (unpaired) electrons. The second-order valence-electron chi connectivity index (χ2n) is 6.14. The summed E-state index contributed by atoms with van der Waals surface area (Å²) in [5.74, 6) is 0.661. The number of rotatable bonds is 4. The molecule has 6 nitrogen and oxygen atoms in total. The summed E-state index contributed by atoms with van der Waals surface area (Å²) in [6.45, 7) is 4.77. The molecule has 2 aliphatic heterocycles. The Hall–Kier alpha value is -2.02. The third-order valence-electron chi connectivity index (χ3n) is 4.19. The molecule has 2 unspecified atom stereocenters. The SMILES string of the molecule is CCCSC1=NC2C(C(=O)NC(=O)N2C)N1Cc1cccc(C)c1. The van der Waals surface area contributed by atoms with Gasteiger partial charge in [-0.2, -0.15) is 0 Å². The number of fused-ring (bicyclic) bond motifs is 1. The van der Waals surface area contributed by atoms with Crippen LogP contribution in [-0.2, 0) is 11.3 Å². The van der Waals surface area contributed by atoms with Gasteiger partial charge in [-0.05, 0) is 18.9 Å². The molecule has 2 heterocycles. The van der Waals surface area contributed by atoms with Crippen molar-refractivity contribution in [2.24, 2.45) is 4.99 Å². The average molecular weight is 346 g/mol. The maximum absolute atomic E-state index is 12.4. The highest BCUT2D eigenvalue weighted by molar-refractivity contribution is 8.13. The number of thioether (sulfide) groups is 1. The van der Waals surface area contributed by atoms with Crippen LogP contribution >= 0.6 is 11.8 Å². The van der Waals surface area contributed by atoms with E-state index < -0.39 is 12.2 Å². The molecule has 1 N–H and O–H groups in total. The lowest BCUT2D eigenvalue weighted by molar-refractivity contribution is -0.127. The van der Waals surface area contributed by atoms with Crippen LogP contribution in [0.1, 0.15) is 24.5 Å². The Bertz CT molecular complexity index is 691. The third-order valence-corrected chi connectivity index (χ3v) is 5.40. The van der Waals surface area contributed by atoms with Crippen LogP contribution in [0.4, 0.5) is 4.79 Å². The van der Waals surface area contributed by atoms with Gasteiger partial charge in [0.1, 0.15) is 0 Å². The molecule has 0 aliphatic carbocycles. The number of benzene rings is 1. The van der Waals surface area contributed by atoms with E-state index in [9.17, 15) is 9.59 Å². The van der Waals surface area contributed by atoms with Gasteiger partial charge in [-0.3, -0.25) is 10.1 Å². The van der Waals surface area contributed by atoms with Gasteiger partial charge < -0.3 is 9.80 Å². The Balaban J connectivity index is 1.90. The van der Waals surface area contributed by atoms with Crippen LogP contribution in [0.25, 0.3) is 0 Å². The van der Waals surface area contributed by atoms with Crippen molar-refractivity contribution < 1.29 is 9.59 Å². The largest absolute Gasteiger partial charge is 0.331 e. The number of urea groups is 1. The van der Waals surface area contributed by atoms with Gasteiger partial charge in [0.25, 0.3) is 5.91 Å². The molecule has 1 aromatic carbocycles. The normalized spacial score (nSPS) is 23.2. The molecule has 24 heavy (non-hydrogen) atoms. The molecule has 1 saturated heterocycles. The summed E-state index contributed by atoms with van der Waals surface area (Å²) in [6, 6.07) is 7.39. The zero-order valence-electron chi connectivity index (χ0n) is 14.2. The lowest BCUT2D eigenvalue weighted by atomic mass is 10.1. The molecular formula is C17H22N4O2S. The second kappa shape index (κ2) is 6.84.